The summed E-state index contributed by atoms with van der Waals surface area (Å²) in [6, 6.07) is 1.98. The van der Waals surface area contributed by atoms with E-state index < -0.39 is 0 Å². The minimum Gasteiger partial charge on any atom is -0.353 e. The number of halogens is 1. The van der Waals surface area contributed by atoms with Gasteiger partial charge in [-0.05, 0) is 42.5 Å². The van der Waals surface area contributed by atoms with Crippen molar-refractivity contribution < 1.29 is 9.47 Å². The molecule has 86 valence electrons. The summed E-state index contributed by atoms with van der Waals surface area (Å²) >= 11 is 2.26. The first-order valence-electron chi connectivity index (χ1n) is 5.18. The first kappa shape index (κ1) is 12.9. The minimum absolute atomic E-state index is 0.111. The number of aromatic nitrogens is 2. The zero-order valence-corrected chi connectivity index (χ0v) is 11.3. The van der Waals surface area contributed by atoms with Crippen LogP contribution in [0.15, 0.2) is 12.3 Å². The van der Waals surface area contributed by atoms with Crippen LogP contribution in [0.25, 0.3) is 0 Å². The van der Waals surface area contributed by atoms with E-state index in [1.54, 1.807) is 6.20 Å². The van der Waals surface area contributed by atoms with Gasteiger partial charge in [-0.15, -0.1) is 0 Å². The Kier molecular flexibility index (Phi) is 6.19. The van der Waals surface area contributed by atoms with Crippen molar-refractivity contribution in [1.29, 1.82) is 0 Å². The van der Waals surface area contributed by atoms with E-state index >= 15 is 0 Å². The predicted molar refractivity (Wildman–Crippen MR) is 66.6 cm³/mol. The Hall–Kier alpha value is -0.140. The summed E-state index contributed by atoms with van der Waals surface area (Å²) in [5, 5.41) is 4.21. The molecule has 0 aliphatic carbocycles. The fourth-order valence-corrected chi connectivity index (χ4v) is 1.82. The van der Waals surface area contributed by atoms with Crippen LogP contribution in [0, 0.1) is 3.70 Å². The molecule has 0 aliphatic rings. The maximum Gasteiger partial charge on any atom is 0.159 e. The molecule has 4 nitrogen and oxygen atoms in total. The lowest BCUT2D eigenvalue weighted by atomic mass is 10.4. The third-order valence-electron chi connectivity index (χ3n) is 1.95. The highest BCUT2D eigenvalue weighted by atomic mass is 127. The molecule has 0 saturated heterocycles. The lowest BCUT2D eigenvalue weighted by Gasteiger charge is -2.16. The van der Waals surface area contributed by atoms with Crippen molar-refractivity contribution in [2.45, 2.75) is 33.1 Å². The van der Waals surface area contributed by atoms with Crippen LogP contribution < -0.4 is 0 Å². The Morgan fingerprint density at radius 1 is 1.40 bits per heavy atom. The maximum atomic E-state index is 5.45. The fraction of sp³-hybridized carbons (Fsp3) is 0.700. The molecule has 0 N–H and O–H groups in total. The van der Waals surface area contributed by atoms with Gasteiger partial charge in [0.05, 0.1) is 9.90 Å². The molecule has 0 spiro atoms. The summed E-state index contributed by atoms with van der Waals surface area (Å²) < 4.78 is 14.0. The molecule has 1 rings (SSSR count). The van der Waals surface area contributed by atoms with Crippen molar-refractivity contribution in [3.05, 3.63) is 16.0 Å². The summed E-state index contributed by atoms with van der Waals surface area (Å²) in [4.78, 5) is 0. The quantitative estimate of drug-likeness (QED) is 0.570. The highest BCUT2D eigenvalue weighted by Crippen LogP contribution is 2.07. The second kappa shape index (κ2) is 7.19. The Labute approximate surface area is 104 Å². The molecular formula is C10H17IN2O2. The van der Waals surface area contributed by atoms with E-state index in [9.17, 15) is 0 Å². The van der Waals surface area contributed by atoms with E-state index in [1.165, 1.54) is 0 Å². The molecular weight excluding hydrogens is 307 g/mol. The minimum atomic E-state index is -0.111. The number of hydrogen-bond acceptors (Lipinski definition) is 3. The zero-order chi connectivity index (χ0) is 11.1. The number of hydrogen-bond donors (Lipinski definition) is 0. The number of rotatable bonds is 7. The molecule has 1 aromatic rings. The van der Waals surface area contributed by atoms with Crippen molar-refractivity contribution in [2.24, 2.45) is 0 Å². The first-order valence-corrected chi connectivity index (χ1v) is 6.26. The average Bonchev–Trinajstić information content (AvgIpc) is 2.61. The lowest BCUT2D eigenvalue weighted by molar-refractivity contribution is -0.141. The van der Waals surface area contributed by atoms with Crippen LogP contribution >= 0.6 is 22.6 Å². The summed E-state index contributed by atoms with van der Waals surface area (Å²) in [5.41, 5.74) is 0. The van der Waals surface area contributed by atoms with E-state index in [2.05, 4.69) is 27.7 Å². The van der Waals surface area contributed by atoms with Gasteiger partial charge in [-0.25, -0.2) is 0 Å². The van der Waals surface area contributed by atoms with Crippen molar-refractivity contribution in [1.82, 2.24) is 9.78 Å². The molecule has 1 aromatic heterocycles. The molecule has 5 heteroatoms. The topological polar surface area (TPSA) is 36.3 Å². The van der Waals surface area contributed by atoms with Gasteiger partial charge in [0.15, 0.2) is 6.29 Å². The predicted octanol–water partition coefficient (Wildman–Crippen LogP) is 2.28. The summed E-state index contributed by atoms with van der Waals surface area (Å²) in [6.45, 7) is 6.14. The number of aryl methyl sites for hydroxylation is 1. The van der Waals surface area contributed by atoms with Crippen LogP contribution in [0.5, 0.6) is 0 Å². The zero-order valence-electron chi connectivity index (χ0n) is 9.15. The van der Waals surface area contributed by atoms with Crippen LogP contribution in [0.3, 0.4) is 0 Å². The molecule has 0 fully saturated rings. The molecule has 0 aromatic carbocycles. The molecule has 0 atom stereocenters. The summed E-state index contributed by atoms with van der Waals surface area (Å²) in [6.07, 6.45) is 2.53. The SMILES string of the molecule is CCOC(CCn1nccc1I)OCC. The third-order valence-corrected chi connectivity index (χ3v) is 2.86. The maximum absolute atomic E-state index is 5.45. The normalized spacial score (nSPS) is 11.2. The molecule has 0 aliphatic heterocycles. The van der Waals surface area contributed by atoms with E-state index in [0.29, 0.717) is 13.2 Å². The summed E-state index contributed by atoms with van der Waals surface area (Å²) in [7, 11) is 0. The Balaban J connectivity index is 2.36. The molecule has 0 unspecified atom stereocenters. The third kappa shape index (κ3) is 4.48. The van der Waals surface area contributed by atoms with Gasteiger partial charge in [-0.2, -0.15) is 5.10 Å². The largest absolute Gasteiger partial charge is 0.353 e. The molecule has 0 radical (unpaired) electrons. The van der Waals surface area contributed by atoms with Gasteiger partial charge in [0.2, 0.25) is 0 Å². The number of nitrogens with zero attached hydrogens (tertiary/aromatic N) is 2. The van der Waals surface area contributed by atoms with Crippen LogP contribution in [0.1, 0.15) is 20.3 Å². The van der Waals surface area contributed by atoms with Crippen molar-refractivity contribution in [3.63, 3.8) is 0 Å². The molecule has 15 heavy (non-hydrogen) atoms. The van der Waals surface area contributed by atoms with E-state index in [0.717, 1.165) is 16.7 Å². The van der Waals surface area contributed by atoms with Gasteiger partial charge in [-0.1, -0.05) is 0 Å². The Morgan fingerprint density at radius 2 is 2.07 bits per heavy atom. The monoisotopic (exact) mass is 324 g/mol. The van der Waals surface area contributed by atoms with Crippen molar-refractivity contribution in [2.75, 3.05) is 13.2 Å². The molecule has 0 saturated carbocycles. The highest BCUT2D eigenvalue weighted by molar-refractivity contribution is 14.1. The summed E-state index contributed by atoms with van der Waals surface area (Å²) in [5.74, 6) is 0. The second-order valence-corrected chi connectivity index (χ2v) is 4.11. The smallest absolute Gasteiger partial charge is 0.159 e. The van der Waals surface area contributed by atoms with Crippen LogP contribution in [-0.2, 0) is 16.0 Å². The first-order chi connectivity index (χ1) is 7.27. The van der Waals surface area contributed by atoms with E-state index in [-0.39, 0.29) is 6.29 Å². The van der Waals surface area contributed by atoms with Gasteiger partial charge >= 0.3 is 0 Å². The van der Waals surface area contributed by atoms with Gasteiger partial charge in [0.1, 0.15) is 0 Å². The van der Waals surface area contributed by atoms with Gasteiger partial charge < -0.3 is 9.47 Å². The Bertz CT molecular complexity index is 272. The van der Waals surface area contributed by atoms with Crippen molar-refractivity contribution in [3.8, 4) is 0 Å². The van der Waals surface area contributed by atoms with Gasteiger partial charge in [-0.3, -0.25) is 4.68 Å². The Morgan fingerprint density at radius 3 is 2.53 bits per heavy atom. The molecule has 0 amide bonds. The van der Waals surface area contributed by atoms with Crippen LogP contribution in [-0.4, -0.2) is 29.3 Å². The molecule has 1 heterocycles. The standard InChI is InChI=1S/C10H17IN2O2/c1-3-14-10(15-4-2)6-8-13-9(11)5-7-12-13/h5,7,10H,3-4,6,8H2,1-2H3. The van der Waals surface area contributed by atoms with E-state index in [4.69, 9.17) is 9.47 Å². The van der Waals surface area contributed by atoms with Crippen LogP contribution in [0.2, 0.25) is 0 Å². The van der Waals surface area contributed by atoms with Gasteiger partial charge in [0, 0.05) is 26.2 Å². The van der Waals surface area contributed by atoms with Crippen molar-refractivity contribution >= 4 is 22.6 Å². The average molecular weight is 324 g/mol. The van der Waals surface area contributed by atoms with E-state index in [1.807, 2.05) is 24.6 Å². The van der Waals surface area contributed by atoms with Gasteiger partial charge in [0.25, 0.3) is 0 Å². The highest BCUT2D eigenvalue weighted by Gasteiger charge is 2.08. The lowest BCUT2D eigenvalue weighted by Crippen LogP contribution is -2.20. The fourth-order valence-electron chi connectivity index (χ4n) is 1.30. The number of ether oxygens (including phenoxy) is 2. The molecule has 0 bridgehead atoms. The van der Waals surface area contributed by atoms with Crippen LogP contribution in [0.4, 0.5) is 0 Å². The second-order valence-electron chi connectivity index (χ2n) is 3.01.